The molecule has 1 aromatic heterocycles. The van der Waals surface area contributed by atoms with E-state index in [1.807, 2.05) is 49.1 Å². The average molecular weight is 460 g/mol. The Balaban J connectivity index is 1.46. The Bertz CT molecular complexity index is 1070. The van der Waals surface area contributed by atoms with Gasteiger partial charge in [-0.25, -0.2) is 18.2 Å². The van der Waals surface area contributed by atoms with Gasteiger partial charge in [-0.1, -0.05) is 26.0 Å². The summed E-state index contributed by atoms with van der Waals surface area (Å²) < 4.78 is 26.5. The second kappa shape index (κ2) is 8.95. The van der Waals surface area contributed by atoms with E-state index in [9.17, 15) is 18.3 Å². The number of pyridine rings is 1. The number of para-hydroxylation sites is 2. The van der Waals surface area contributed by atoms with Gasteiger partial charge in [0.25, 0.3) is 0 Å². The molecule has 2 aromatic rings. The van der Waals surface area contributed by atoms with Gasteiger partial charge in [0.1, 0.15) is 5.82 Å². The fraction of sp³-hybridized carbons (Fsp3) is 0.455. The van der Waals surface area contributed by atoms with Crippen LogP contribution in [0.4, 0.5) is 27.7 Å². The first kappa shape index (κ1) is 22.3. The van der Waals surface area contributed by atoms with Crippen molar-refractivity contribution in [3.05, 3.63) is 42.6 Å². The van der Waals surface area contributed by atoms with Gasteiger partial charge < -0.3 is 14.9 Å². The van der Waals surface area contributed by atoms with E-state index in [0.717, 1.165) is 17.2 Å². The van der Waals surface area contributed by atoms with Gasteiger partial charge in [0.05, 0.1) is 29.0 Å². The van der Waals surface area contributed by atoms with Crippen LogP contribution in [0.25, 0.3) is 0 Å². The van der Waals surface area contributed by atoms with Crippen LogP contribution in [0, 0.1) is 5.92 Å². The lowest BCUT2D eigenvalue weighted by Crippen LogP contribution is -2.49. The molecule has 1 saturated heterocycles. The zero-order valence-electron chi connectivity index (χ0n) is 18.4. The van der Waals surface area contributed by atoms with Crippen LogP contribution in [-0.4, -0.2) is 73.9 Å². The number of aromatic nitrogens is 1. The standard InChI is InChI=1S/C22H29N5O4S/c1-17(2)16-32(30,31)25-11-9-24(10-12-25)18-7-8-21(23-15-18)26-13-14-27(22(28)29)20-6-4-3-5-19(20)26/h3-8,15,17H,9-14,16H2,1-2H3,(H,28,29). The zero-order valence-corrected chi connectivity index (χ0v) is 19.2. The first-order valence-corrected chi connectivity index (χ1v) is 12.4. The largest absolute Gasteiger partial charge is 0.465 e. The zero-order chi connectivity index (χ0) is 22.9. The number of amides is 1. The van der Waals surface area contributed by atoms with Crippen molar-refractivity contribution in [1.82, 2.24) is 9.29 Å². The van der Waals surface area contributed by atoms with Gasteiger partial charge in [-0.2, -0.15) is 4.31 Å². The predicted octanol–water partition coefficient (Wildman–Crippen LogP) is 2.83. The minimum absolute atomic E-state index is 0.109. The van der Waals surface area contributed by atoms with E-state index in [4.69, 9.17) is 0 Å². The smallest absolute Gasteiger partial charge is 0.411 e. The Morgan fingerprint density at radius 3 is 2.28 bits per heavy atom. The van der Waals surface area contributed by atoms with Crippen molar-refractivity contribution in [3.8, 4) is 0 Å². The molecule has 0 bridgehead atoms. The molecule has 0 unspecified atom stereocenters. The van der Waals surface area contributed by atoms with Crippen molar-refractivity contribution in [2.24, 2.45) is 5.92 Å². The Morgan fingerprint density at radius 2 is 1.69 bits per heavy atom. The number of anilines is 4. The molecular weight excluding hydrogens is 430 g/mol. The molecule has 9 nitrogen and oxygen atoms in total. The maximum absolute atomic E-state index is 12.5. The van der Waals surface area contributed by atoms with Crippen LogP contribution in [0.15, 0.2) is 42.6 Å². The number of hydrogen-bond acceptors (Lipinski definition) is 6. The van der Waals surface area contributed by atoms with E-state index in [0.29, 0.717) is 45.0 Å². The second-order valence-corrected chi connectivity index (χ2v) is 10.5. The van der Waals surface area contributed by atoms with E-state index in [2.05, 4.69) is 9.88 Å². The molecular formula is C22H29N5O4S. The number of carboxylic acid groups (broad SMARTS) is 1. The molecule has 4 rings (SSSR count). The van der Waals surface area contributed by atoms with Crippen LogP contribution in [0.3, 0.4) is 0 Å². The Labute approximate surface area is 188 Å². The minimum atomic E-state index is -3.21. The van der Waals surface area contributed by atoms with E-state index in [1.165, 1.54) is 4.90 Å². The van der Waals surface area contributed by atoms with Crippen molar-refractivity contribution in [3.63, 3.8) is 0 Å². The highest BCUT2D eigenvalue weighted by Crippen LogP contribution is 2.37. The third-order valence-electron chi connectivity index (χ3n) is 5.79. The number of piperazine rings is 1. The van der Waals surface area contributed by atoms with Crippen LogP contribution in [0.2, 0.25) is 0 Å². The van der Waals surface area contributed by atoms with Gasteiger partial charge in [-0.15, -0.1) is 0 Å². The lowest BCUT2D eigenvalue weighted by Gasteiger charge is -2.37. The van der Waals surface area contributed by atoms with Crippen LogP contribution in [-0.2, 0) is 10.0 Å². The SMILES string of the molecule is CC(C)CS(=O)(=O)N1CCN(c2ccc(N3CCN(C(=O)O)c4ccccc43)nc2)CC1. The van der Waals surface area contributed by atoms with E-state index >= 15 is 0 Å². The number of hydrogen-bond donors (Lipinski definition) is 1. The van der Waals surface area contributed by atoms with Gasteiger partial charge in [0.2, 0.25) is 10.0 Å². The molecule has 1 aromatic carbocycles. The summed E-state index contributed by atoms with van der Waals surface area (Å²) in [5, 5.41) is 9.48. The molecule has 2 aliphatic rings. The van der Waals surface area contributed by atoms with Gasteiger partial charge in [-0.3, -0.25) is 4.90 Å². The molecule has 10 heteroatoms. The molecule has 0 aliphatic carbocycles. The van der Waals surface area contributed by atoms with Crippen molar-refractivity contribution in [1.29, 1.82) is 0 Å². The Hall–Kier alpha value is -2.85. The summed E-state index contributed by atoms with van der Waals surface area (Å²) in [5.74, 6) is 1.04. The van der Waals surface area contributed by atoms with Gasteiger partial charge in [-0.05, 0) is 30.2 Å². The number of carbonyl (C=O) groups is 1. The van der Waals surface area contributed by atoms with E-state index < -0.39 is 16.1 Å². The molecule has 1 amide bonds. The predicted molar refractivity (Wildman–Crippen MR) is 125 cm³/mol. The fourth-order valence-corrected chi connectivity index (χ4v) is 6.05. The minimum Gasteiger partial charge on any atom is -0.465 e. The van der Waals surface area contributed by atoms with Gasteiger partial charge >= 0.3 is 6.09 Å². The quantitative estimate of drug-likeness (QED) is 0.734. The highest BCUT2D eigenvalue weighted by atomic mass is 32.2. The summed E-state index contributed by atoms with van der Waals surface area (Å²) in [4.78, 5) is 21.7. The van der Waals surface area contributed by atoms with Crippen molar-refractivity contribution in [2.45, 2.75) is 13.8 Å². The topological polar surface area (TPSA) is 97.3 Å². The van der Waals surface area contributed by atoms with Crippen molar-refractivity contribution < 1.29 is 18.3 Å². The normalized spacial score (nSPS) is 17.5. The van der Waals surface area contributed by atoms with Crippen LogP contribution in [0.5, 0.6) is 0 Å². The molecule has 0 radical (unpaired) electrons. The summed E-state index contributed by atoms with van der Waals surface area (Å²) in [6, 6.07) is 11.3. The number of nitrogens with zero attached hydrogens (tertiary/aromatic N) is 5. The lowest BCUT2D eigenvalue weighted by atomic mass is 10.1. The molecule has 0 atom stereocenters. The van der Waals surface area contributed by atoms with Crippen molar-refractivity contribution in [2.75, 3.05) is 59.7 Å². The third-order valence-corrected chi connectivity index (χ3v) is 8.03. The van der Waals surface area contributed by atoms with E-state index in [1.54, 1.807) is 16.6 Å². The number of rotatable bonds is 5. The van der Waals surface area contributed by atoms with Crippen LogP contribution >= 0.6 is 0 Å². The fourth-order valence-electron chi connectivity index (χ4n) is 4.27. The van der Waals surface area contributed by atoms with Crippen LogP contribution < -0.4 is 14.7 Å². The van der Waals surface area contributed by atoms with Crippen LogP contribution in [0.1, 0.15) is 13.8 Å². The molecule has 32 heavy (non-hydrogen) atoms. The number of fused-ring (bicyclic) bond motifs is 1. The first-order valence-electron chi connectivity index (χ1n) is 10.8. The third kappa shape index (κ3) is 4.51. The maximum atomic E-state index is 12.5. The average Bonchev–Trinajstić information content (AvgIpc) is 2.77. The van der Waals surface area contributed by atoms with Gasteiger partial charge in [0, 0.05) is 39.3 Å². The van der Waals surface area contributed by atoms with Crippen molar-refractivity contribution >= 4 is 39.0 Å². The molecule has 0 spiro atoms. The Morgan fingerprint density at radius 1 is 1.00 bits per heavy atom. The highest BCUT2D eigenvalue weighted by Gasteiger charge is 2.29. The summed E-state index contributed by atoms with van der Waals surface area (Å²) >= 11 is 0. The Kier molecular flexibility index (Phi) is 6.25. The van der Waals surface area contributed by atoms with E-state index in [-0.39, 0.29) is 11.7 Å². The second-order valence-electron chi connectivity index (χ2n) is 8.51. The summed E-state index contributed by atoms with van der Waals surface area (Å²) in [6.07, 6.45) is 0.842. The monoisotopic (exact) mass is 459 g/mol. The summed E-state index contributed by atoms with van der Waals surface area (Å²) in [5.41, 5.74) is 2.41. The molecule has 3 heterocycles. The summed E-state index contributed by atoms with van der Waals surface area (Å²) in [6.45, 7) is 6.91. The molecule has 0 saturated carbocycles. The molecule has 1 fully saturated rings. The lowest BCUT2D eigenvalue weighted by molar-refractivity contribution is 0.201. The number of benzene rings is 1. The highest BCUT2D eigenvalue weighted by molar-refractivity contribution is 7.89. The maximum Gasteiger partial charge on any atom is 0.411 e. The first-order chi connectivity index (χ1) is 15.3. The molecule has 2 aliphatic heterocycles. The molecule has 172 valence electrons. The summed E-state index contributed by atoms with van der Waals surface area (Å²) in [7, 11) is -3.21. The number of sulfonamides is 1. The van der Waals surface area contributed by atoms with Gasteiger partial charge in [0.15, 0.2) is 0 Å². The molecule has 1 N–H and O–H groups in total.